The first-order chi connectivity index (χ1) is 11.6. The van der Waals surface area contributed by atoms with Gasteiger partial charge in [0.15, 0.2) is 0 Å². The third kappa shape index (κ3) is 2.24. The van der Waals surface area contributed by atoms with Crippen molar-refractivity contribution < 1.29 is 15.0 Å². The Morgan fingerprint density at radius 3 is 2.92 bits per heavy atom. The van der Waals surface area contributed by atoms with Gasteiger partial charge in [-0.05, 0) is 56.7 Å². The summed E-state index contributed by atoms with van der Waals surface area (Å²) in [6.07, 6.45) is 4.56. The highest BCUT2D eigenvalue weighted by molar-refractivity contribution is 5.68. The average Bonchev–Trinajstić information content (AvgIpc) is 2.89. The maximum Gasteiger partial charge on any atom is 0.408 e. The van der Waals surface area contributed by atoms with Gasteiger partial charge in [0.05, 0.1) is 17.6 Å². The quantitative estimate of drug-likeness (QED) is 0.769. The van der Waals surface area contributed by atoms with E-state index < -0.39 is 17.7 Å². The van der Waals surface area contributed by atoms with Gasteiger partial charge in [0.25, 0.3) is 0 Å². The molecule has 0 aromatic carbocycles. The molecule has 1 aromatic heterocycles. The van der Waals surface area contributed by atoms with Gasteiger partial charge in [-0.3, -0.25) is 9.88 Å². The summed E-state index contributed by atoms with van der Waals surface area (Å²) in [5.41, 5.74) is 0.276. The van der Waals surface area contributed by atoms with Crippen molar-refractivity contribution in [1.29, 1.82) is 0 Å². The fourth-order valence-electron chi connectivity index (χ4n) is 5.54. The van der Waals surface area contributed by atoms with Crippen LogP contribution in [0.4, 0.5) is 4.79 Å². The van der Waals surface area contributed by atoms with Crippen LogP contribution in [-0.2, 0) is 0 Å². The number of pyridine rings is 1. The number of carboxylic acid groups (broad SMARTS) is 1. The summed E-state index contributed by atoms with van der Waals surface area (Å²) in [4.78, 5) is 18.3. The average molecular weight is 331 g/mol. The Morgan fingerprint density at radius 2 is 2.25 bits per heavy atom. The fraction of sp³-hybridized carbons (Fsp3) is 0.667. The molecule has 0 radical (unpaired) electrons. The van der Waals surface area contributed by atoms with Crippen LogP contribution in [0.25, 0.3) is 0 Å². The third-order valence-corrected chi connectivity index (χ3v) is 6.34. The molecule has 6 heteroatoms. The van der Waals surface area contributed by atoms with E-state index in [2.05, 4.69) is 10.3 Å². The minimum absolute atomic E-state index is 0.0700. The first-order valence-corrected chi connectivity index (χ1v) is 8.96. The van der Waals surface area contributed by atoms with Crippen molar-refractivity contribution in [2.75, 3.05) is 13.1 Å². The summed E-state index contributed by atoms with van der Waals surface area (Å²) in [6.45, 7) is 1.80. The number of piperidine rings is 2. The van der Waals surface area contributed by atoms with E-state index in [1.165, 1.54) is 0 Å². The number of nitrogens with one attached hydrogen (secondary N) is 1. The Bertz CT molecular complexity index is 605. The molecule has 1 amide bonds. The summed E-state index contributed by atoms with van der Waals surface area (Å²) < 4.78 is 0. The van der Waals surface area contributed by atoms with Gasteiger partial charge < -0.3 is 15.5 Å². The van der Waals surface area contributed by atoms with E-state index in [9.17, 15) is 15.0 Å². The molecule has 5 atom stereocenters. The summed E-state index contributed by atoms with van der Waals surface area (Å²) in [7, 11) is 0. The Labute approximate surface area is 141 Å². The standard InChI is InChI=1S/C18H25N3O3/c22-15-10-13-6-7-18(21(13)17(23)24,12-4-3-8-19-11-12)16(15)14-5-1-2-9-20-14/h1-2,5,9,12-13,15-16,19,22H,3-4,6-8,10-11H2,(H,23,24). The highest BCUT2D eigenvalue weighted by atomic mass is 16.4. The first-order valence-electron chi connectivity index (χ1n) is 8.96. The zero-order valence-corrected chi connectivity index (χ0v) is 13.8. The molecule has 3 N–H and O–H groups in total. The number of rotatable bonds is 2. The lowest BCUT2D eigenvalue weighted by molar-refractivity contribution is -0.0624. The lowest BCUT2D eigenvalue weighted by atomic mass is 9.65. The highest BCUT2D eigenvalue weighted by Gasteiger charge is 2.63. The lowest BCUT2D eigenvalue weighted by Crippen LogP contribution is -2.66. The molecule has 3 saturated heterocycles. The molecule has 4 rings (SSSR count). The largest absolute Gasteiger partial charge is 0.465 e. The molecule has 0 spiro atoms. The molecular formula is C18H25N3O3. The summed E-state index contributed by atoms with van der Waals surface area (Å²) in [5.74, 6) is -0.0345. The van der Waals surface area contributed by atoms with Crippen LogP contribution in [0.1, 0.15) is 43.7 Å². The number of hydrogen-bond acceptors (Lipinski definition) is 4. The van der Waals surface area contributed by atoms with Crippen LogP contribution in [0.5, 0.6) is 0 Å². The van der Waals surface area contributed by atoms with Crippen LogP contribution in [0.2, 0.25) is 0 Å². The number of carbonyl (C=O) groups is 1. The van der Waals surface area contributed by atoms with Gasteiger partial charge in [-0.1, -0.05) is 6.07 Å². The van der Waals surface area contributed by atoms with Crippen molar-refractivity contribution in [3.63, 3.8) is 0 Å². The molecule has 3 aliphatic heterocycles. The molecule has 5 unspecified atom stereocenters. The number of aliphatic hydroxyl groups is 1. The number of hydrogen-bond donors (Lipinski definition) is 3. The number of amides is 1. The van der Waals surface area contributed by atoms with Crippen molar-refractivity contribution in [1.82, 2.24) is 15.2 Å². The summed E-state index contributed by atoms with van der Waals surface area (Å²) in [6, 6.07) is 5.65. The molecule has 4 heterocycles. The molecular weight excluding hydrogens is 306 g/mol. The third-order valence-electron chi connectivity index (χ3n) is 6.34. The van der Waals surface area contributed by atoms with Crippen molar-refractivity contribution in [3.05, 3.63) is 30.1 Å². The molecule has 0 saturated carbocycles. The molecule has 24 heavy (non-hydrogen) atoms. The van der Waals surface area contributed by atoms with E-state index in [-0.39, 0.29) is 17.9 Å². The van der Waals surface area contributed by atoms with Gasteiger partial charge in [0.2, 0.25) is 0 Å². The maximum absolute atomic E-state index is 12.2. The lowest BCUT2D eigenvalue weighted by Gasteiger charge is -2.55. The Hall–Kier alpha value is -1.66. The Kier molecular flexibility index (Phi) is 3.96. The van der Waals surface area contributed by atoms with Crippen molar-refractivity contribution in [3.8, 4) is 0 Å². The van der Waals surface area contributed by atoms with Gasteiger partial charge >= 0.3 is 6.09 Å². The zero-order valence-electron chi connectivity index (χ0n) is 13.8. The van der Waals surface area contributed by atoms with E-state index in [0.717, 1.165) is 44.5 Å². The van der Waals surface area contributed by atoms with Crippen molar-refractivity contribution in [2.45, 2.75) is 55.7 Å². The van der Waals surface area contributed by atoms with E-state index in [1.807, 2.05) is 18.2 Å². The number of aromatic nitrogens is 1. The smallest absolute Gasteiger partial charge is 0.408 e. The van der Waals surface area contributed by atoms with Crippen LogP contribution >= 0.6 is 0 Å². The maximum atomic E-state index is 12.2. The normalized spacial score (nSPS) is 39.0. The van der Waals surface area contributed by atoms with Crippen molar-refractivity contribution >= 4 is 6.09 Å². The molecule has 6 nitrogen and oxygen atoms in total. The molecule has 3 fully saturated rings. The SMILES string of the molecule is O=C(O)N1C2CCC1(C1CCCNC1)C(c1ccccn1)C(O)C2. The van der Waals surface area contributed by atoms with E-state index >= 15 is 0 Å². The van der Waals surface area contributed by atoms with Gasteiger partial charge in [-0.2, -0.15) is 0 Å². The number of fused-ring (bicyclic) bond motifs is 2. The summed E-state index contributed by atoms with van der Waals surface area (Å²) in [5, 5.41) is 24.3. The monoisotopic (exact) mass is 331 g/mol. The molecule has 2 bridgehead atoms. The van der Waals surface area contributed by atoms with Gasteiger partial charge in [-0.15, -0.1) is 0 Å². The second-order valence-electron chi connectivity index (χ2n) is 7.41. The minimum atomic E-state index is -0.851. The Balaban J connectivity index is 1.84. The number of aliphatic hydroxyl groups excluding tert-OH is 1. The van der Waals surface area contributed by atoms with Gasteiger partial charge in [0, 0.05) is 24.5 Å². The topological polar surface area (TPSA) is 85.7 Å². The second kappa shape index (κ2) is 6.01. The van der Waals surface area contributed by atoms with E-state index in [1.54, 1.807) is 11.1 Å². The predicted molar refractivity (Wildman–Crippen MR) is 88.8 cm³/mol. The van der Waals surface area contributed by atoms with Crippen LogP contribution in [-0.4, -0.2) is 57.0 Å². The zero-order chi connectivity index (χ0) is 16.7. The molecule has 1 aromatic rings. The van der Waals surface area contributed by atoms with Gasteiger partial charge in [-0.25, -0.2) is 4.79 Å². The summed E-state index contributed by atoms with van der Waals surface area (Å²) >= 11 is 0. The molecule has 130 valence electrons. The number of nitrogens with zero attached hydrogens (tertiary/aromatic N) is 2. The van der Waals surface area contributed by atoms with Crippen LogP contribution in [0.15, 0.2) is 24.4 Å². The fourth-order valence-corrected chi connectivity index (χ4v) is 5.54. The van der Waals surface area contributed by atoms with Crippen LogP contribution < -0.4 is 5.32 Å². The second-order valence-corrected chi connectivity index (χ2v) is 7.41. The highest BCUT2D eigenvalue weighted by Crippen LogP contribution is 2.56. The van der Waals surface area contributed by atoms with Crippen LogP contribution in [0.3, 0.4) is 0 Å². The minimum Gasteiger partial charge on any atom is -0.465 e. The molecule has 0 aliphatic carbocycles. The van der Waals surface area contributed by atoms with Crippen LogP contribution in [0, 0.1) is 5.92 Å². The van der Waals surface area contributed by atoms with Crippen molar-refractivity contribution in [2.24, 2.45) is 5.92 Å². The predicted octanol–water partition coefficient (Wildman–Crippen LogP) is 1.81. The van der Waals surface area contributed by atoms with E-state index in [4.69, 9.17) is 0 Å². The van der Waals surface area contributed by atoms with Gasteiger partial charge in [0.1, 0.15) is 0 Å². The van der Waals surface area contributed by atoms with E-state index in [0.29, 0.717) is 6.42 Å². The first kappa shape index (κ1) is 15.8. The molecule has 3 aliphatic rings. The Morgan fingerprint density at radius 1 is 1.38 bits per heavy atom.